The van der Waals surface area contributed by atoms with E-state index in [0.29, 0.717) is 23.3 Å². The lowest BCUT2D eigenvalue weighted by atomic mass is 9.80. The first-order valence-corrected chi connectivity index (χ1v) is 8.65. The van der Waals surface area contributed by atoms with Gasteiger partial charge in [0.05, 0.1) is 6.61 Å². The molecule has 0 bridgehead atoms. The molecule has 3 rings (SSSR count). The van der Waals surface area contributed by atoms with Crippen LogP contribution < -0.4 is 14.8 Å². The molecule has 0 spiro atoms. The van der Waals surface area contributed by atoms with Gasteiger partial charge in [0.15, 0.2) is 6.61 Å². The minimum atomic E-state index is -0.157. The fraction of sp³-hybridized carbons (Fsp3) is 0.471. The van der Waals surface area contributed by atoms with E-state index in [4.69, 9.17) is 25.5 Å². The van der Waals surface area contributed by atoms with E-state index >= 15 is 0 Å². The molecule has 0 unspecified atom stereocenters. The van der Waals surface area contributed by atoms with Crippen LogP contribution >= 0.6 is 11.6 Å². The molecule has 1 aromatic carbocycles. The first-order valence-electron chi connectivity index (χ1n) is 8.28. The fourth-order valence-electron chi connectivity index (χ4n) is 2.52. The number of rotatable bonds is 8. The molecule has 0 radical (unpaired) electrons. The van der Waals surface area contributed by atoms with Crippen molar-refractivity contribution in [1.29, 1.82) is 0 Å². The predicted molar refractivity (Wildman–Crippen MR) is 90.9 cm³/mol. The third-order valence-electron chi connectivity index (χ3n) is 3.89. The lowest BCUT2D eigenvalue weighted by molar-refractivity contribution is -0.124. The van der Waals surface area contributed by atoms with Gasteiger partial charge in [-0.25, -0.2) is 0 Å². The molecule has 0 saturated heterocycles. The zero-order valence-corrected chi connectivity index (χ0v) is 14.7. The third-order valence-corrected chi connectivity index (χ3v) is 4.14. The Morgan fingerprint density at radius 2 is 2.04 bits per heavy atom. The minimum Gasteiger partial charge on any atom is -0.484 e. The van der Waals surface area contributed by atoms with Gasteiger partial charge in [-0.3, -0.25) is 4.79 Å². The molecule has 25 heavy (non-hydrogen) atoms. The molecule has 2 aromatic rings. The normalized spacial score (nSPS) is 19.1. The summed E-state index contributed by atoms with van der Waals surface area (Å²) in [7, 11) is 0. The Bertz CT molecular complexity index is 698. The van der Waals surface area contributed by atoms with Crippen LogP contribution in [-0.2, 0) is 4.79 Å². The van der Waals surface area contributed by atoms with E-state index < -0.39 is 0 Å². The summed E-state index contributed by atoms with van der Waals surface area (Å²) in [6.45, 7) is 2.53. The summed E-state index contributed by atoms with van der Waals surface area (Å²) >= 11 is 5.80. The van der Waals surface area contributed by atoms with Crippen molar-refractivity contribution in [1.82, 2.24) is 15.5 Å². The Hall–Kier alpha value is -2.28. The van der Waals surface area contributed by atoms with E-state index in [2.05, 4.69) is 15.5 Å². The Balaban J connectivity index is 1.37. The number of hydrogen-bond acceptors (Lipinski definition) is 6. The summed E-state index contributed by atoms with van der Waals surface area (Å²) in [5.41, 5.74) is 0. The Labute approximate surface area is 150 Å². The second-order valence-corrected chi connectivity index (χ2v) is 6.37. The van der Waals surface area contributed by atoms with Crippen LogP contribution in [0.15, 0.2) is 28.7 Å². The van der Waals surface area contributed by atoms with Gasteiger partial charge in [-0.05, 0) is 43.5 Å². The van der Waals surface area contributed by atoms with Gasteiger partial charge in [0.25, 0.3) is 5.91 Å². The van der Waals surface area contributed by atoms with Crippen LogP contribution in [0.5, 0.6) is 11.8 Å². The van der Waals surface area contributed by atoms with Gasteiger partial charge in [0.2, 0.25) is 5.89 Å². The smallest absolute Gasteiger partial charge is 0.414 e. The lowest BCUT2D eigenvalue weighted by Crippen LogP contribution is -2.45. The van der Waals surface area contributed by atoms with Gasteiger partial charge in [0.1, 0.15) is 5.75 Å². The SMILES string of the molecule is CCCOc1nnc(C2CC(NC(=O)COc3ccc(Cl)cc3)C2)o1. The Morgan fingerprint density at radius 1 is 1.28 bits per heavy atom. The van der Waals surface area contributed by atoms with Crippen molar-refractivity contribution in [3.05, 3.63) is 35.2 Å². The number of halogens is 1. The number of benzene rings is 1. The maximum Gasteiger partial charge on any atom is 0.414 e. The number of amides is 1. The van der Waals surface area contributed by atoms with Gasteiger partial charge < -0.3 is 19.2 Å². The maximum atomic E-state index is 11.9. The molecule has 1 N–H and O–H groups in total. The van der Waals surface area contributed by atoms with Crippen LogP contribution in [0.4, 0.5) is 0 Å². The van der Waals surface area contributed by atoms with Crippen LogP contribution in [-0.4, -0.2) is 35.4 Å². The highest BCUT2D eigenvalue weighted by molar-refractivity contribution is 6.30. The van der Waals surface area contributed by atoms with Crippen molar-refractivity contribution in [3.63, 3.8) is 0 Å². The summed E-state index contributed by atoms with van der Waals surface area (Å²) in [6.07, 6.45) is 2.62. The lowest BCUT2D eigenvalue weighted by Gasteiger charge is -2.33. The van der Waals surface area contributed by atoms with Gasteiger partial charge in [-0.2, -0.15) is 0 Å². The standard InChI is InChI=1S/C17H20ClN3O4/c1-2-7-23-17-21-20-16(25-17)11-8-13(9-11)19-15(22)10-24-14-5-3-12(18)4-6-14/h3-6,11,13H,2,7-10H2,1H3,(H,19,22). The second-order valence-electron chi connectivity index (χ2n) is 5.93. The monoisotopic (exact) mass is 365 g/mol. The van der Waals surface area contributed by atoms with Crippen LogP contribution in [0.25, 0.3) is 0 Å². The summed E-state index contributed by atoms with van der Waals surface area (Å²) in [5.74, 6) is 1.18. The zero-order chi connectivity index (χ0) is 17.6. The molecule has 1 aliphatic carbocycles. The highest BCUT2D eigenvalue weighted by Gasteiger charge is 2.35. The summed E-state index contributed by atoms with van der Waals surface area (Å²) in [6, 6.07) is 6.98. The number of nitrogens with zero attached hydrogens (tertiary/aromatic N) is 2. The molecule has 1 fully saturated rings. The number of aromatic nitrogens is 2. The fourth-order valence-corrected chi connectivity index (χ4v) is 2.65. The van der Waals surface area contributed by atoms with E-state index in [9.17, 15) is 4.79 Å². The Morgan fingerprint density at radius 3 is 2.76 bits per heavy atom. The van der Waals surface area contributed by atoms with Crippen molar-refractivity contribution in [2.24, 2.45) is 0 Å². The van der Waals surface area contributed by atoms with Crippen LogP contribution in [0.3, 0.4) is 0 Å². The number of hydrogen-bond donors (Lipinski definition) is 1. The highest BCUT2D eigenvalue weighted by atomic mass is 35.5. The molecule has 1 heterocycles. The van der Waals surface area contributed by atoms with Crippen LogP contribution in [0.2, 0.25) is 5.02 Å². The van der Waals surface area contributed by atoms with Crippen molar-refractivity contribution in [3.8, 4) is 11.8 Å². The number of carbonyl (C=O) groups excluding carboxylic acids is 1. The molecule has 1 aromatic heterocycles. The minimum absolute atomic E-state index is 0.0294. The van der Waals surface area contributed by atoms with Crippen LogP contribution in [0.1, 0.15) is 38.0 Å². The number of nitrogens with one attached hydrogen (secondary N) is 1. The molecule has 0 atom stereocenters. The molecule has 7 nitrogen and oxygen atoms in total. The van der Waals surface area contributed by atoms with Gasteiger partial charge >= 0.3 is 6.08 Å². The first-order chi connectivity index (χ1) is 12.1. The second kappa shape index (κ2) is 8.20. The third kappa shape index (κ3) is 4.85. The van der Waals surface area contributed by atoms with E-state index in [1.807, 2.05) is 6.92 Å². The number of ether oxygens (including phenoxy) is 2. The van der Waals surface area contributed by atoms with Crippen LogP contribution in [0, 0.1) is 0 Å². The van der Waals surface area contributed by atoms with Crippen molar-refractivity contribution >= 4 is 17.5 Å². The first kappa shape index (κ1) is 17.5. The summed E-state index contributed by atoms with van der Waals surface area (Å²) in [5, 5.41) is 11.4. The summed E-state index contributed by atoms with van der Waals surface area (Å²) in [4.78, 5) is 11.9. The van der Waals surface area contributed by atoms with Gasteiger partial charge in [-0.15, -0.1) is 5.10 Å². The highest BCUT2D eigenvalue weighted by Crippen LogP contribution is 2.36. The van der Waals surface area contributed by atoms with Gasteiger partial charge in [0, 0.05) is 17.0 Å². The van der Waals surface area contributed by atoms with Crippen molar-refractivity contribution < 1.29 is 18.7 Å². The molecule has 8 heteroatoms. The van der Waals surface area contributed by atoms with Gasteiger partial charge in [-0.1, -0.05) is 23.6 Å². The molecule has 134 valence electrons. The molecular formula is C17H20ClN3O4. The van der Waals surface area contributed by atoms with E-state index in [-0.39, 0.29) is 30.6 Å². The van der Waals surface area contributed by atoms with E-state index in [0.717, 1.165) is 19.3 Å². The van der Waals surface area contributed by atoms with Crippen molar-refractivity contribution in [2.75, 3.05) is 13.2 Å². The predicted octanol–water partition coefficient (Wildman–Crippen LogP) is 2.95. The molecule has 1 aliphatic rings. The van der Waals surface area contributed by atoms with Crippen molar-refractivity contribution in [2.45, 2.75) is 38.1 Å². The maximum absolute atomic E-state index is 11.9. The quantitative estimate of drug-likeness (QED) is 0.774. The number of carbonyl (C=O) groups is 1. The van der Waals surface area contributed by atoms with E-state index in [1.165, 1.54) is 0 Å². The average Bonchev–Trinajstić information content (AvgIpc) is 3.03. The summed E-state index contributed by atoms with van der Waals surface area (Å²) < 4.78 is 16.2. The molecule has 0 aliphatic heterocycles. The zero-order valence-electron chi connectivity index (χ0n) is 13.9. The molecule has 1 amide bonds. The Kier molecular flexibility index (Phi) is 5.75. The molecular weight excluding hydrogens is 346 g/mol. The molecule has 1 saturated carbocycles. The average molecular weight is 366 g/mol. The van der Waals surface area contributed by atoms with E-state index in [1.54, 1.807) is 24.3 Å². The largest absolute Gasteiger partial charge is 0.484 e. The topological polar surface area (TPSA) is 86.5 Å².